The van der Waals surface area contributed by atoms with Crippen molar-refractivity contribution in [3.63, 3.8) is 0 Å². The molecule has 0 aliphatic heterocycles. The number of rotatable bonds is 4. The highest BCUT2D eigenvalue weighted by molar-refractivity contribution is 9.10. The minimum Gasteiger partial charge on any atom is -0.330 e. The fourth-order valence-electron chi connectivity index (χ4n) is 1.41. The van der Waals surface area contributed by atoms with Gasteiger partial charge >= 0.3 is 0 Å². The number of hydrogen-bond acceptors (Lipinski definition) is 4. The van der Waals surface area contributed by atoms with E-state index in [-0.39, 0.29) is 0 Å². The molecule has 3 nitrogen and oxygen atoms in total. The third kappa shape index (κ3) is 3.10. The number of nitrogens with two attached hydrogens (primary N) is 1. The highest BCUT2D eigenvalue weighted by Crippen LogP contribution is 2.17. The van der Waals surface area contributed by atoms with Gasteiger partial charge in [0.25, 0.3) is 0 Å². The van der Waals surface area contributed by atoms with E-state index in [1.165, 1.54) is 5.56 Å². The van der Waals surface area contributed by atoms with E-state index in [0.29, 0.717) is 6.54 Å². The third-order valence-electron chi connectivity index (χ3n) is 2.11. The first-order valence-corrected chi connectivity index (χ1v) is 6.64. The van der Waals surface area contributed by atoms with Crippen LogP contribution >= 0.6 is 27.3 Å². The Morgan fingerprint density at radius 1 is 1.25 bits per heavy atom. The molecule has 0 unspecified atom stereocenters. The van der Waals surface area contributed by atoms with Crippen molar-refractivity contribution < 1.29 is 0 Å². The van der Waals surface area contributed by atoms with E-state index in [1.54, 1.807) is 11.3 Å². The van der Waals surface area contributed by atoms with Gasteiger partial charge in [0.1, 0.15) is 10.0 Å². The average Bonchev–Trinajstić information content (AvgIpc) is 2.66. The lowest BCUT2D eigenvalue weighted by molar-refractivity contribution is 0.898. The largest absolute Gasteiger partial charge is 0.330 e. The summed E-state index contributed by atoms with van der Waals surface area (Å²) in [6, 6.07) is 8.24. The molecule has 0 aliphatic carbocycles. The lowest BCUT2D eigenvalue weighted by Gasteiger charge is -1.97. The molecule has 5 heteroatoms. The van der Waals surface area contributed by atoms with Crippen LogP contribution in [0.3, 0.4) is 0 Å². The Labute approximate surface area is 107 Å². The van der Waals surface area contributed by atoms with Crippen LogP contribution < -0.4 is 5.73 Å². The van der Waals surface area contributed by atoms with Gasteiger partial charge in [-0.1, -0.05) is 28.1 Å². The van der Waals surface area contributed by atoms with Crippen molar-refractivity contribution in [2.75, 3.05) is 6.54 Å². The summed E-state index contributed by atoms with van der Waals surface area (Å²) in [5, 5.41) is 10.3. The van der Waals surface area contributed by atoms with Gasteiger partial charge in [-0.15, -0.1) is 21.5 Å². The molecule has 0 fully saturated rings. The zero-order chi connectivity index (χ0) is 11.4. The maximum absolute atomic E-state index is 5.47. The molecule has 0 bridgehead atoms. The van der Waals surface area contributed by atoms with Crippen molar-refractivity contribution in [3.05, 3.63) is 44.3 Å². The standard InChI is InChI=1S/C11H12BrN3S/c12-9-3-1-2-8(6-9)7-11-15-14-10(16-11)4-5-13/h1-3,6H,4-5,7,13H2. The van der Waals surface area contributed by atoms with E-state index in [2.05, 4.69) is 38.3 Å². The van der Waals surface area contributed by atoms with Crippen LogP contribution in [0.2, 0.25) is 0 Å². The number of nitrogens with zero attached hydrogens (tertiary/aromatic N) is 2. The first-order chi connectivity index (χ1) is 7.78. The molecule has 0 amide bonds. The van der Waals surface area contributed by atoms with Gasteiger partial charge in [0, 0.05) is 17.3 Å². The zero-order valence-corrected chi connectivity index (χ0v) is 11.1. The molecular formula is C11H12BrN3S. The molecule has 1 aromatic heterocycles. The summed E-state index contributed by atoms with van der Waals surface area (Å²) in [4.78, 5) is 0. The second-order valence-corrected chi connectivity index (χ2v) is 5.50. The Morgan fingerprint density at radius 2 is 2.06 bits per heavy atom. The van der Waals surface area contributed by atoms with Gasteiger partial charge in [-0.25, -0.2) is 0 Å². The molecule has 0 saturated heterocycles. The predicted molar refractivity (Wildman–Crippen MR) is 69.6 cm³/mol. The van der Waals surface area contributed by atoms with Crippen molar-refractivity contribution in [2.45, 2.75) is 12.8 Å². The van der Waals surface area contributed by atoms with Crippen LogP contribution in [0.25, 0.3) is 0 Å². The van der Waals surface area contributed by atoms with Gasteiger partial charge < -0.3 is 5.73 Å². The van der Waals surface area contributed by atoms with Crippen LogP contribution in [-0.4, -0.2) is 16.7 Å². The summed E-state index contributed by atoms with van der Waals surface area (Å²) in [6.45, 7) is 0.630. The van der Waals surface area contributed by atoms with Gasteiger partial charge in [0.15, 0.2) is 0 Å². The fraction of sp³-hybridized carbons (Fsp3) is 0.273. The molecule has 16 heavy (non-hydrogen) atoms. The molecule has 2 N–H and O–H groups in total. The second-order valence-electron chi connectivity index (χ2n) is 3.43. The van der Waals surface area contributed by atoms with Crippen LogP contribution in [0.1, 0.15) is 15.6 Å². The summed E-state index contributed by atoms with van der Waals surface area (Å²) in [5.41, 5.74) is 6.72. The van der Waals surface area contributed by atoms with Gasteiger partial charge in [-0.2, -0.15) is 0 Å². The van der Waals surface area contributed by atoms with Crippen LogP contribution in [0.15, 0.2) is 28.7 Å². The minimum atomic E-state index is 0.630. The monoisotopic (exact) mass is 297 g/mol. The molecule has 2 rings (SSSR count). The van der Waals surface area contributed by atoms with E-state index in [9.17, 15) is 0 Å². The molecule has 84 valence electrons. The Bertz CT molecular complexity index is 470. The van der Waals surface area contributed by atoms with Crippen molar-refractivity contribution in [1.29, 1.82) is 0 Å². The maximum atomic E-state index is 5.47. The molecule has 0 saturated carbocycles. The zero-order valence-electron chi connectivity index (χ0n) is 8.69. The first kappa shape index (κ1) is 11.7. The van der Waals surface area contributed by atoms with E-state index in [1.807, 2.05) is 12.1 Å². The maximum Gasteiger partial charge on any atom is 0.121 e. The Morgan fingerprint density at radius 3 is 2.81 bits per heavy atom. The highest BCUT2D eigenvalue weighted by atomic mass is 79.9. The van der Waals surface area contributed by atoms with Crippen molar-refractivity contribution in [3.8, 4) is 0 Å². The molecule has 1 heterocycles. The van der Waals surface area contributed by atoms with Crippen LogP contribution in [0.4, 0.5) is 0 Å². The summed E-state index contributed by atoms with van der Waals surface area (Å²) < 4.78 is 1.09. The Balaban J connectivity index is 2.08. The number of aromatic nitrogens is 2. The third-order valence-corrected chi connectivity index (χ3v) is 3.59. The SMILES string of the molecule is NCCc1nnc(Cc2cccc(Br)c2)s1. The first-order valence-electron chi connectivity index (χ1n) is 5.03. The van der Waals surface area contributed by atoms with E-state index < -0.39 is 0 Å². The lowest BCUT2D eigenvalue weighted by atomic mass is 10.2. The van der Waals surface area contributed by atoms with Gasteiger partial charge in [-0.05, 0) is 24.2 Å². The van der Waals surface area contributed by atoms with E-state index >= 15 is 0 Å². The number of hydrogen-bond donors (Lipinski definition) is 1. The van der Waals surface area contributed by atoms with Gasteiger partial charge in [0.05, 0.1) is 0 Å². The molecule has 1 aromatic carbocycles. The molecular weight excluding hydrogens is 286 g/mol. The molecule has 2 aromatic rings. The fourth-order valence-corrected chi connectivity index (χ4v) is 2.75. The topological polar surface area (TPSA) is 51.8 Å². The minimum absolute atomic E-state index is 0.630. The molecule has 0 atom stereocenters. The van der Waals surface area contributed by atoms with Crippen molar-refractivity contribution in [1.82, 2.24) is 10.2 Å². The summed E-state index contributed by atoms with van der Waals surface area (Å²) >= 11 is 5.10. The summed E-state index contributed by atoms with van der Waals surface area (Å²) in [5.74, 6) is 0. The number of benzene rings is 1. The summed E-state index contributed by atoms with van der Waals surface area (Å²) in [7, 11) is 0. The smallest absolute Gasteiger partial charge is 0.121 e. The van der Waals surface area contributed by atoms with Crippen LogP contribution in [0, 0.1) is 0 Å². The Hall–Kier alpha value is -0.780. The second kappa shape index (κ2) is 5.52. The molecule has 0 aliphatic rings. The van der Waals surface area contributed by atoms with Gasteiger partial charge in [0.2, 0.25) is 0 Å². The van der Waals surface area contributed by atoms with Gasteiger partial charge in [-0.3, -0.25) is 0 Å². The van der Waals surface area contributed by atoms with Crippen molar-refractivity contribution in [2.24, 2.45) is 5.73 Å². The van der Waals surface area contributed by atoms with E-state index in [4.69, 9.17) is 5.73 Å². The quantitative estimate of drug-likeness (QED) is 0.943. The summed E-state index contributed by atoms with van der Waals surface area (Å²) in [6.07, 6.45) is 1.65. The normalized spacial score (nSPS) is 10.6. The number of halogens is 1. The lowest BCUT2D eigenvalue weighted by Crippen LogP contribution is -2.01. The molecule has 0 radical (unpaired) electrons. The molecule has 0 spiro atoms. The average molecular weight is 298 g/mol. The Kier molecular flexibility index (Phi) is 4.04. The van der Waals surface area contributed by atoms with Crippen LogP contribution in [-0.2, 0) is 12.8 Å². The van der Waals surface area contributed by atoms with E-state index in [0.717, 1.165) is 27.3 Å². The predicted octanol–water partition coefficient (Wildman–Crippen LogP) is 2.39. The highest BCUT2D eigenvalue weighted by Gasteiger charge is 2.04. The van der Waals surface area contributed by atoms with Crippen molar-refractivity contribution >= 4 is 27.3 Å². The van der Waals surface area contributed by atoms with Crippen LogP contribution in [0.5, 0.6) is 0 Å².